The van der Waals surface area contributed by atoms with Crippen LogP contribution in [0.25, 0.3) is 11.8 Å². The van der Waals surface area contributed by atoms with Crippen LogP contribution in [0.4, 0.5) is 0 Å². The van der Waals surface area contributed by atoms with Crippen molar-refractivity contribution in [2.24, 2.45) is 4.99 Å². The van der Waals surface area contributed by atoms with E-state index in [2.05, 4.69) is 20.9 Å². The van der Waals surface area contributed by atoms with E-state index in [4.69, 9.17) is 10.1 Å². The van der Waals surface area contributed by atoms with E-state index in [1.54, 1.807) is 18.1 Å². The summed E-state index contributed by atoms with van der Waals surface area (Å²) in [7, 11) is 1.59. The van der Waals surface area contributed by atoms with Crippen molar-refractivity contribution in [3.8, 4) is 5.75 Å². The van der Waals surface area contributed by atoms with Crippen LogP contribution in [-0.4, -0.2) is 28.9 Å². The van der Waals surface area contributed by atoms with Gasteiger partial charge in [0.2, 0.25) is 0 Å². The molecule has 27 heavy (non-hydrogen) atoms. The van der Waals surface area contributed by atoms with Crippen LogP contribution < -0.4 is 4.74 Å². The Kier molecular flexibility index (Phi) is 4.72. The molecule has 2 aliphatic heterocycles. The van der Waals surface area contributed by atoms with Gasteiger partial charge >= 0.3 is 0 Å². The number of benzene rings is 2. The van der Waals surface area contributed by atoms with Crippen LogP contribution in [0.3, 0.4) is 0 Å². The summed E-state index contributed by atoms with van der Waals surface area (Å²) < 4.78 is 6.01. The Labute approximate surface area is 169 Å². The van der Waals surface area contributed by atoms with Crippen molar-refractivity contribution in [2.45, 2.75) is 0 Å². The number of hydrogen-bond donors (Lipinski definition) is 1. The second-order valence-corrected chi connectivity index (χ2v) is 7.51. The molecule has 1 amide bonds. The topological polar surface area (TPSA) is 65.8 Å². The maximum atomic E-state index is 12.5. The number of carbonyl (C=O) groups excluding carboxylic acids is 1. The molecule has 134 valence electrons. The van der Waals surface area contributed by atoms with Crippen LogP contribution in [0.5, 0.6) is 5.75 Å². The number of amides is 1. The molecule has 0 bridgehead atoms. The highest BCUT2D eigenvalue weighted by atomic mass is 79.9. The van der Waals surface area contributed by atoms with E-state index in [1.165, 1.54) is 11.8 Å². The first-order valence-electron chi connectivity index (χ1n) is 8.08. The Morgan fingerprint density at radius 2 is 2.00 bits per heavy atom. The lowest BCUT2D eigenvalue weighted by molar-refractivity contribution is -0.114. The fourth-order valence-corrected chi connectivity index (χ4v) is 4.30. The highest BCUT2D eigenvalue weighted by molar-refractivity contribution is 9.10. The summed E-state index contributed by atoms with van der Waals surface area (Å²) in [4.78, 5) is 18.4. The van der Waals surface area contributed by atoms with Crippen LogP contribution in [0.2, 0.25) is 0 Å². The lowest BCUT2D eigenvalue weighted by Gasteiger charge is -2.26. The van der Waals surface area contributed by atoms with Crippen molar-refractivity contribution in [1.82, 2.24) is 4.90 Å². The van der Waals surface area contributed by atoms with Crippen molar-refractivity contribution in [3.63, 3.8) is 0 Å². The zero-order chi connectivity index (χ0) is 19.0. The molecule has 2 aromatic carbocycles. The highest BCUT2D eigenvalue weighted by Gasteiger charge is 2.36. The molecule has 4 rings (SSSR count). The third-order valence-corrected chi connectivity index (χ3v) is 5.62. The minimum Gasteiger partial charge on any atom is -0.496 e. The molecule has 5 nitrogen and oxygen atoms in total. The number of carbonyl (C=O) groups is 1. The predicted molar refractivity (Wildman–Crippen MR) is 113 cm³/mol. The fraction of sp³-hybridized carbons (Fsp3) is 0.0500. The number of ether oxygens (including phenoxy) is 1. The molecule has 0 atom stereocenters. The molecule has 7 heteroatoms. The van der Waals surface area contributed by atoms with Gasteiger partial charge in [-0.25, -0.2) is 0 Å². The number of methoxy groups -OCH3 is 1. The molecule has 0 radical (unpaired) electrons. The van der Waals surface area contributed by atoms with Crippen molar-refractivity contribution in [3.05, 3.63) is 75.1 Å². The zero-order valence-corrected chi connectivity index (χ0v) is 16.7. The molecule has 0 aromatic heterocycles. The minimum atomic E-state index is -0.409. The summed E-state index contributed by atoms with van der Waals surface area (Å²) in [5, 5.41) is 11.1. The SMILES string of the molecule is COc1ccc(C=C2C(=N)N3C(c4ccccc4)=CSC3=NC2=O)cc1Br. The normalized spacial score (nSPS) is 17.7. The van der Waals surface area contributed by atoms with Gasteiger partial charge in [0.15, 0.2) is 5.17 Å². The van der Waals surface area contributed by atoms with Gasteiger partial charge in [-0.15, -0.1) is 0 Å². The fourth-order valence-electron chi connectivity index (χ4n) is 2.85. The van der Waals surface area contributed by atoms with E-state index in [0.717, 1.165) is 21.3 Å². The van der Waals surface area contributed by atoms with Gasteiger partial charge in [0.1, 0.15) is 11.6 Å². The molecular formula is C20H14BrN3O2S. The van der Waals surface area contributed by atoms with Gasteiger partial charge in [0, 0.05) is 5.41 Å². The smallest absolute Gasteiger partial charge is 0.283 e. The summed E-state index contributed by atoms with van der Waals surface area (Å²) in [6, 6.07) is 15.3. The quantitative estimate of drug-likeness (QED) is 0.699. The Hall–Kier alpha value is -2.64. The molecule has 0 fully saturated rings. The number of halogens is 1. The first-order valence-corrected chi connectivity index (χ1v) is 9.75. The zero-order valence-electron chi connectivity index (χ0n) is 14.3. The third kappa shape index (κ3) is 3.24. The van der Waals surface area contributed by atoms with Gasteiger partial charge < -0.3 is 4.74 Å². The average molecular weight is 440 g/mol. The van der Waals surface area contributed by atoms with Gasteiger partial charge in [-0.3, -0.25) is 15.1 Å². The van der Waals surface area contributed by atoms with E-state index < -0.39 is 5.91 Å². The highest BCUT2D eigenvalue weighted by Crippen LogP contribution is 2.37. The number of thioether (sulfide) groups is 1. The predicted octanol–water partition coefficient (Wildman–Crippen LogP) is 4.76. The molecule has 2 aliphatic rings. The molecular weight excluding hydrogens is 426 g/mol. The van der Waals surface area contributed by atoms with E-state index in [0.29, 0.717) is 10.9 Å². The Bertz CT molecular complexity index is 1040. The van der Waals surface area contributed by atoms with Crippen molar-refractivity contribution in [1.29, 1.82) is 5.41 Å². The van der Waals surface area contributed by atoms with Gasteiger partial charge in [0.05, 0.1) is 22.9 Å². The van der Waals surface area contributed by atoms with Crippen molar-refractivity contribution < 1.29 is 9.53 Å². The van der Waals surface area contributed by atoms with Crippen LogP contribution in [0, 0.1) is 5.41 Å². The van der Waals surface area contributed by atoms with Crippen LogP contribution in [0.15, 0.2) is 69.0 Å². The second kappa shape index (κ2) is 7.17. The van der Waals surface area contributed by atoms with E-state index in [1.807, 2.05) is 53.9 Å². The lowest BCUT2D eigenvalue weighted by atomic mass is 10.1. The van der Waals surface area contributed by atoms with Gasteiger partial charge in [-0.2, -0.15) is 4.99 Å². The largest absolute Gasteiger partial charge is 0.496 e. The number of nitrogens with zero attached hydrogens (tertiary/aromatic N) is 2. The van der Waals surface area contributed by atoms with Gasteiger partial charge in [0.25, 0.3) is 5.91 Å². The summed E-state index contributed by atoms with van der Waals surface area (Å²) in [6.45, 7) is 0. The molecule has 0 saturated heterocycles. The van der Waals surface area contributed by atoms with E-state index >= 15 is 0 Å². The van der Waals surface area contributed by atoms with Crippen LogP contribution >= 0.6 is 27.7 Å². The molecule has 0 aliphatic carbocycles. The van der Waals surface area contributed by atoms with Crippen LogP contribution in [0.1, 0.15) is 11.1 Å². The Balaban J connectivity index is 1.72. The first kappa shape index (κ1) is 17.8. The molecule has 0 unspecified atom stereocenters. The molecule has 0 saturated carbocycles. The summed E-state index contributed by atoms with van der Waals surface area (Å²) in [5.74, 6) is 0.415. The van der Waals surface area contributed by atoms with Crippen molar-refractivity contribution >= 4 is 56.4 Å². The minimum absolute atomic E-state index is 0.122. The molecule has 0 spiro atoms. The molecule has 1 N–H and O–H groups in total. The number of aliphatic imine (C=N–C) groups is 1. The maximum Gasteiger partial charge on any atom is 0.283 e. The van der Waals surface area contributed by atoms with Gasteiger partial charge in [-0.1, -0.05) is 48.2 Å². The van der Waals surface area contributed by atoms with Crippen LogP contribution in [-0.2, 0) is 4.79 Å². The molecule has 2 aromatic rings. The molecule has 2 heterocycles. The number of rotatable bonds is 3. The standard InChI is InChI=1S/C20H14BrN3O2S/c1-26-17-8-7-12(10-15(17)21)9-14-18(22)24-16(13-5-3-2-4-6-13)11-27-20(24)23-19(14)25/h2-11,22H,1H3. The number of fused-ring (bicyclic) bond motifs is 1. The number of hydrogen-bond acceptors (Lipinski definition) is 4. The summed E-state index contributed by atoms with van der Waals surface area (Å²) in [6.07, 6.45) is 1.68. The van der Waals surface area contributed by atoms with Crippen molar-refractivity contribution in [2.75, 3.05) is 7.11 Å². The Morgan fingerprint density at radius 3 is 2.70 bits per heavy atom. The first-order chi connectivity index (χ1) is 13.1. The van der Waals surface area contributed by atoms with E-state index in [9.17, 15) is 4.79 Å². The number of nitrogens with one attached hydrogen (secondary N) is 1. The maximum absolute atomic E-state index is 12.5. The van der Waals surface area contributed by atoms with E-state index in [-0.39, 0.29) is 11.4 Å². The number of amidine groups is 2. The van der Waals surface area contributed by atoms with Gasteiger partial charge in [-0.05, 0) is 45.3 Å². The lowest BCUT2D eigenvalue weighted by Crippen LogP contribution is -2.38. The Morgan fingerprint density at radius 1 is 1.22 bits per heavy atom. The summed E-state index contributed by atoms with van der Waals surface area (Å²) in [5.41, 5.74) is 2.85. The monoisotopic (exact) mass is 439 g/mol. The average Bonchev–Trinajstić information content (AvgIpc) is 3.10. The third-order valence-electron chi connectivity index (χ3n) is 4.17. The summed E-state index contributed by atoms with van der Waals surface area (Å²) >= 11 is 4.80. The second-order valence-electron chi connectivity index (χ2n) is 5.82.